The third kappa shape index (κ3) is 3.44. The second kappa shape index (κ2) is 5.83. The van der Waals surface area contributed by atoms with E-state index in [9.17, 15) is 4.79 Å². The maximum absolute atomic E-state index is 10.5. The van der Waals surface area contributed by atoms with Crippen molar-refractivity contribution in [2.45, 2.75) is 15.8 Å². The Kier molecular flexibility index (Phi) is 4.16. The lowest BCUT2D eigenvalue weighted by atomic mass is 10.3. The van der Waals surface area contributed by atoms with Crippen LogP contribution in [0.2, 0.25) is 0 Å². The highest BCUT2D eigenvalue weighted by Crippen LogP contribution is 2.29. The van der Waals surface area contributed by atoms with E-state index in [2.05, 4.69) is 9.97 Å². The summed E-state index contributed by atoms with van der Waals surface area (Å²) in [6, 6.07) is 5.47. The summed E-state index contributed by atoms with van der Waals surface area (Å²) in [4.78, 5) is 19.0. The molecule has 2 aromatic rings. The van der Waals surface area contributed by atoms with Gasteiger partial charge in [-0.05, 0) is 17.8 Å². The van der Waals surface area contributed by atoms with E-state index in [0.29, 0.717) is 11.6 Å². The lowest BCUT2D eigenvalue weighted by Crippen LogP contribution is -1.99. The molecule has 0 spiro atoms. The van der Waals surface area contributed by atoms with Crippen molar-refractivity contribution in [3.05, 3.63) is 29.3 Å². The molecule has 0 amide bonds. The number of carboxylic acid groups (broad SMARTS) is 1. The molecule has 0 aliphatic carbocycles. The maximum atomic E-state index is 10.5. The molecule has 2 heterocycles. The topological polar surface area (TPSA) is 72.3 Å². The van der Waals surface area contributed by atoms with Crippen LogP contribution in [0, 0.1) is 0 Å². The van der Waals surface area contributed by atoms with Gasteiger partial charge in [0.1, 0.15) is 5.03 Å². The molecule has 0 atom stereocenters. The van der Waals surface area contributed by atoms with Crippen LogP contribution in [0.3, 0.4) is 0 Å². The number of nitrogens with zero attached hydrogens (tertiary/aromatic N) is 2. The first-order valence-electron chi connectivity index (χ1n) is 5.02. The first-order chi connectivity index (χ1) is 8.67. The summed E-state index contributed by atoms with van der Waals surface area (Å²) in [5.41, 5.74) is 0.567. The lowest BCUT2D eigenvalue weighted by molar-refractivity contribution is -0.136. The summed E-state index contributed by atoms with van der Waals surface area (Å²) in [6.45, 7) is 0. The number of aromatic nitrogens is 2. The fourth-order valence-electron chi connectivity index (χ4n) is 1.23. The van der Waals surface area contributed by atoms with Gasteiger partial charge in [0.2, 0.25) is 5.88 Å². The Bertz CT molecular complexity index is 557. The van der Waals surface area contributed by atoms with E-state index in [4.69, 9.17) is 9.84 Å². The average Bonchev–Trinajstić information content (AvgIpc) is 2.76. The van der Waals surface area contributed by atoms with Crippen molar-refractivity contribution in [1.29, 1.82) is 0 Å². The van der Waals surface area contributed by atoms with E-state index in [-0.39, 0.29) is 6.42 Å². The Labute approximate surface area is 112 Å². The zero-order chi connectivity index (χ0) is 13.0. The van der Waals surface area contributed by atoms with Crippen LogP contribution in [0.5, 0.6) is 5.88 Å². The predicted molar refractivity (Wildman–Crippen MR) is 68.4 cm³/mol. The van der Waals surface area contributed by atoms with Crippen molar-refractivity contribution in [3.8, 4) is 5.88 Å². The molecular weight excluding hydrogens is 272 g/mol. The summed E-state index contributed by atoms with van der Waals surface area (Å²) in [5.74, 6) is -0.335. The molecular formula is C11H10N2O3S2. The molecule has 0 radical (unpaired) electrons. The van der Waals surface area contributed by atoms with Crippen LogP contribution in [0.4, 0.5) is 0 Å². The molecule has 0 unspecified atom stereocenters. The van der Waals surface area contributed by atoms with Crippen LogP contribution < -0.4 is 4.74 Å². The number of pyridine rings is 1. The molecule has 0 saturated carbocycles. The number of rotatable bonds is 5. The SMILES string of the molecule is COc1cccc(Sc2nc(CC(=O)O)cs2)n1. The molecule has 2 rings (SSSR count). The zero-order valence-electron chi connectivity index (χ0n) is 9.49. The van der Waals surface area contributed by atoms with Crippen molar-refractivity contribution in [1.82, 2.24) is 9.97 Å². The Balaban J connectivity index is 2.08. The molecule has 0 aromatic carbocycles. The van der Waals surface area contributed by atoms with E-state index in [0.717, 1.165) is 9.37 Å². The fraction of sp³-hybridized carbons (Fsp3) is 0.182. The molecule has 2 aromatic heterocycles. The minimum absolute atomic E-state index is 0.0530. The maximum Gasteiger partial charge on any atom is 0.309 e. The largest absolute Gasteiger partial charge is 0.481 e. The van der Waals surface area contributed by atoms with E-state index in [1.165, 1.54) is 23.1 Å². The van der Waals surface area contributed by atoms with Gasteiger partial charge in [0, 0.05) is 11.4 Å². The van der Waals surface area contributed by atoms with E-state index in [1.807, 2.05) is 12.1 Å². The second-order valence-corrected chi connectivity index (χ2v) is 5.42. The van der Waals surface area contributed by atoms with Gasteiger partial charge in [0.05, 0.1) is 19.2 Å². The number of methoxy groups -OCH3 is 1. The second-order valence-electron chi connectivity index (χ2n) is 3.30. The van der Waals surface area contributed by atoms with Gasteiger partial charge in [-0.3, -0.25) is 4.79 Å². The zero-order valence-corrected chi connectivity index (χ0v) is 11.1. The smallest absolute Gasteiger partial charge is 0.309 e. The van der Waals surface area contributed by atoms with Crippen molar-refractivity contribution >= 4 is 29.1 Å². The number of thiazole rings is 1. The summed E-state index contributed by atoms with van der Waals surface area (Å²) < 4.78 is 5.80. The third-order valence-corrected chi connectivity index (χ3v) is 3.89. The van der Waals surface area contributed by atoms with Crippen molar-refractivity contribution in [3.63, 3.8) is 0 Å². The molecule has 0 aliphatic heterocycles. The van der Waals surface area contributed by atoms with Gasteiger partial charge in [-0.15, -0.1) is 11.3 Å². The average molecular weight is 282 g/mol. The molecule has 7 heteroatoms. The van der Waals surface area contributed by atoms with Gasteiger partial charge in [-0.25, -0.2) is 9.97 Å². The first kappa shape index (κ1) is 12.8. The monoisotopic (exact) mass is 282 g/mol. The van der Waals surface area contributed by atoms with E-state index in [1.54, 1.807) is 18.6 Å². The van der Waals surface area contributed by atoms with Crippen LogP contribution >= 0.6 is 23.1 Å². The normalized spacial score (nSPS) is 10.3. The number of carboxylic acids is 1. The van der Waals surface area contributed by atoms with Crippen LogP contribution in [0.1, 0.15) is 5.69 Å². The van der Waals surface area contributed by atoms with Crippen molar-refractivity contribution in [2.75, 3.05) is 7.11 Å². The number of ether oxygens (including phenoxy) is 1. The molecule has 94 valence electrons. The Morgan fingerprint density at radius 2 is 2.33 bits per heavy atom. The summed E-state index contributed by atoms with van der Waals surface area (Å²) in [6.07, 6.45) is -0.0530. The van der Waals surface area contributed by atoms with Crippen molar-refractivity contribution < 1.29 is 14.6 Å². The van der Waals surface area contributed by atoms with E-state index >= 15 is 0 Å². The molecule has 1 N–H and O–H groups in total. The molecule has 5 nitrogen and oxygen atoms in total. The van der Waals surface area contributed by atoms with Gasteiger partial charge < -0.3 is 9.84 Å². The van der Waals surface area contributed by atoms with Crippen LogP contribution in [-0.4, -0.2) is 28.2 Å². The molecule has 0 bridgehead atoms. The quantitative estimate of drug-likeness (QED) is 0.907. The van der Waals surface area contributed by atoms with Gasteiger partial charge in [0.25, 0.3) is 0 Å². The van der Waals surface area contributed by atoms with Crippen LogP contribution in [-0.2, 0) is 11.2 Å². The highest BCUT2D eigenvalue weighted by atomic mass is 32.2. The minimum Gasteiger partial charge on any atom is -0.481 e. The Morgan fingerprint density at radius 1 is 1.50 bits per heavy atom. The molecule has 0 saturated heterocycles. The number of hydrogen-bond acceptors (Lipinski definition) is 6. The number of hydrogen-bond donors (Lipinski definition) is 1. The number of carbonyl (C=O) groups is 1. The summed E-state index contributed by atoms with van der Waals surface area (Å²) >= 11 is 2.80. The highest BCUT2D eigenvalue weighted by molar-refractivity contribution is 8.01. The third-order valence-electron chi connectivity index (χ3n) is 1.96. The summed E-state index contributed by atoms with van der Waals surface area (Å²) in [7, 11) is 1.56. The highest BCUT2D eigenvalue weighted by Gasteiger charge is 2.08. The first-order valence-corrected chi connectivity index (χ1v) is 6.72. The lowest BCUT2D eigenvalue weighted by Gasteiger charge is -2.00. The standard InChI is InChI=1S/C11H10N2O3S2/c1-16-8-3-2-4-9(13-8)18-11-12-7(6-17-11)5-10(14)15/h2-4,6H,5H2,1H3,(H,14,15). The molecule has 0 fully saturated rings. The fourth-order valence-corrected chi connectivity index (χ4v) is 2.99. The Morgan fingerprint density at radius 3 is 3.06 bits per heavy atom. The molecule has 0 aliphatic rings. The van der Waals surface area contributed by atoms with E-state index < -0.39 is 5.97 Å². The van der Waals surface area contributed by atoms with Gasteiger partial charge in [-0.1, -0.05) is 6.07 Å². The van der Waals surface area contributed by atoms with Crippen LogP contribution in [0.15, 0.2) is 32.9 Å². The number of aliphatic carboxylic acids is 1. The Hall–Kier alpha value is -1.60. The van der Waals surface area contributed by atoms with Crippen molar-refractivity contribution in [2.24, 2.45) is 0 Å². The molecule has 18 heavy (non-hydrogen) atoms. The van der Waals surface area contributed by atoms with Gasteiger partial charge in [-0.2, -0.15) is 0 Å². The van der Waals surface area contributed by atoms with Gasteiger partial charge >= 0.3 is 5.97 Å². The summed E-state index contributed by atoms with van der Waals surface area (Å²) in [5, 5.41) is 11.2. The minimum atomic E-state index is -0.878. The predicted octanol–water partition coefficient (Wildman–Crippen LogP) is 2.32. The van der Waals surface area contributed by atoms with Gasteiger partial charge in [0.15, 0.2) is 4.34 Å². The van der Waals surface area contributed by atoms with Crippen LogP contribution in [0.25, 0.3) is 0 Å².